The number of ether oxygens (including phenoxy) is 1. The van der Waals surface area contributed by atoms with Crippen LogP contribution in [0.1, 0.15) is 0 Å². The third kappa shape index (κ3) is 6.43. The lowest BCUT2D eigenvalue weighted by Gasteiger charge is -2.19. The molecule has 0 aliphatic carbocycles. The number of fused-ring (bicyclic) bond motifs is 1. The molecule has 3 unspecified atom stereocenters. The average molecular weight is 447 g/mol. The predicted octanol–water partition coefficient (Wildman–Crippen LogP) is 0.633. The third-order valence-electron chi connectivity index (χ3n) is 2.65. The van der Waals surface area contributed by atoms with E-state index in [1.807, 2.05) is 0 Å². The molecule has 0 amide bonds. The van der Waals surface area contributed by atoms with Crippen LogP contribution >= 0.6 is 21.9 Å². The quantitative estimate of drug-likeness (QED) is 0.309. The summed E-state index contributed by atoms with van der Waals surface area (Å²) in [6.45, 7) is -2.92. The Kier molecular flexibility index (Phi) is 6.68. The number of rotatable bonds is 9. The number of hydrogen-bond donors (Lipinski definition) is 4. The monoisotopic (exact) mass is 447 g/mol. The molecule has 2 aromatic heterocycles. The molecule has 0 bridgehead atoms. The maximum Gasteiger partial charge on any atom is 0.485 e. The first-order valence-corrected chi connectivity index (χ1v) is 13.1. The minimum Gasteiger partial charge on any atom is -0.382 e. The van der Waals surface area contributed by atoms with E-state index in [0.717, 1.165) is 0 Å². The predicted molar refractivity (Wildman–Crippen MR) is 94.8 cm³/mol. The van der Waals surface area contributed by atoms with E-state index in [2.05, 4.69) is 35.4 Å². The molecule has 5 N–H and O–H groups in total. The van der Waals surface area contributed by atoms with Crippen molar-refractivity contribution in [1.82, 2.24) is 19.5 Å². The van der Waals surface area contributed by atoms with Crippen molar-refractivity contribution in [2.24, 2.45) is 0 Å². The Hall–Kier alpha value is -0.780. The number of imidazole rings is 1. The van der Waals surface area contributed by atoms with Gasteiger partial charge in [0.15, 0.2) is 11.5 Å². The molecule has 0 spiro atoms. The summed E-state index contributed by atoms with van der Waals surface area (Å²) < 4.78 is 37.7. The van der Waals surface area contributed by atoms with Gasteiger partial charge in [0.1, 0.15) is 18.2 Å². The molecule has 2 heterocycles. The van der Waals surface area contributed by atoms with Gasteiger partial charge < -0.3 is 29.7 Å². The first kappa shape index (κ1) is 21.5. The summed E-state index contributed by atoms with van der Waals surface area (Å²) in [5.74, 6) is 0.227. The van der Waals surface area contributed by atoms with Crippen LogP contribution in [-0.4, -0.2) is 53.8 Å². The normalized spacial score (nSPS) is 18.9. The van der Waals surface area contributed by atoms with Crippen molar-refractivity contribution in [1.29, 1.82) is 0 Å². The van der Waals surface area contributed by atoms with E-state index in [0.29, 0.717) is 17.8 Å². The lowest BCUT2D eigenvalue weighted by molar-refractivity contribution is 0.156. The van der Waals surface area contributed by atoms with Crippen LogP contribution in [0.25, 0.3) is 11.2 Å². The van der Waals surface area contributed by atoms with Crippen LogP contribution in [0.2, 0.25) is 0 Å². The van der Waals surface area contributed by atoms with Gasteiger partial charge in [-0.2, -0.15) is 0 Å². The van der Waals surface area contributed by atoms with Crippen molar-refractivity contribution in [3.63, 3.8) is 0 Å². The Morgan fingerprint density at radius 2 is 1.92 bits per heavy atom. The molecule has 0 radical (unpaired) electrons. The first-order valence-electron chi connectivity index (χ1n) is 6.75. The first-order chi connectivity index (χ1) is 11.9. The Labute approximate surface area is 152 Å². The Morgan fingerprint density at radius 1 is 1.23 bits per heavy atom. The van der Waals surface area contributed by atoms with Crippen LogP contribution in [0.15, 0.2) is 12.7 Å². The number of aromatic nitrogens is 4. The van der Waals surface area contributed by atoms with E-state index in [9.17, 15) is 18.9 Å². The third-order valence-corrected chi connectivity index (χ3v) is 7.95. The zero-order chi connectivity index (χ0) is 19.6. The van der Waals surface area contributed by atoms with Crippen molar-refractivity contribution in [2.45, 2.75) is 6.54 Å². The molecule has 2 rings (SSSR count). The van der Waals surface area contributed by atoms with Gasteiger partial charge in [0.25, 0.3) is 0 Å². The van der Waals surface area contributed by atoms with Crippen molar-refractivity contribution >= 4 is 50.7 Å². The minimum absolute atomic E-state index is 0.0283. The molecular formula is C9H16N5O8P3S. The van der Waals surface area contributed by atoms with Crippen molar-refractivity contribution in [3.8, 4) is 0 Å². The molecule has 0 aromatic carbocycles. The van der Waals surface area contributed by atoms with Crippen molar-refractivity contribution in [2.75, 3.05) is 25.4 Å². The molecule has 2 aromatic rings. The molecular weight excluding hydrogens is 431 g/mol. The highest BCUT2D eigenvalue weighted by Crippen LogP contribution is 2.66. The Balaban J connectivity index is 1.88. The second kappa shape index (κ2) is 8.07. The fraction of sp³-hybridized carbons (Fsp3) is 0.444. The van der Waals surface area contributed by atoms with E-state index in [1.165, 1.54) is 12.7 Å². The van der Waals surface area contributed by atoms with E-state index >= 15 is 0 Å². The van der Waals surface area contributed by atoms with Crippen LogP contribution < -0.4 is 5.73 Å². The summed E-state index contributed by atoms with van der Waals surface area (Å²) in [5.41, 5.74) is 6.57. The average Bonchev–Trinajstić information content (AvgIpc) is 2.84. The molecule has 0 saturated heterocycles. The van der Waals surface area contributed by atoms with E-state index < -0.39 is 28.3 Å². The maximum absolute atomic E-state index is 11.5. The lowest BCUT2D eigenvalue weighted by Crippen LogP contribution is -2.08. The minimum atomic E-state index is -5.01. The molecule has 26 heavy (non-hydrogen) atoms. The topological polar surface area (TPSA) is 192 Å². The lowest BCUT2D eigenvalue weighted by atomic mass is 10.5. The smallest absolute Gasteiger partial charge is 0.382 e. The van der Waals surface area contributed by atoms with Gasteiger partial charge >= 0.3 is 15.4 Å². The number of hydrogen-bond acceptors (Lipinski definition) is 10. The van der Waals surface area contributed by atoms with Crippen LogP contribution in [0.5, 0.6) is 0 Å². The SMILES string of the molecule is CP(=O)(O)OP(=O)(O)OP(O)(=S)COCCn1cnc2c(N)ncnc21. The highest BCUT2D eigenvalue weighted by atomic mass is 32.5. The second-order valence-electron chi connectivity index (χ2n) is 4.98. The Morgan fingerprint density at radius 3 is 2.58 bits per heavy atom. The standard InChI is InChI=1S/C9H16N5O8P3S/c1-23(15,16)21-25(18,19)22-24(17,26)6-20-3-2-14-5-13-7-8(10)11-4-12-9(7)14/h4-5H,2-3,6H2,1H3,(H,15,16)(H,17,26)(H,18,19)(H2,10,11,12). The van der Waals surface area contributed by atoms with Gasteiger partial charge in [-0.25, -0.2) is 28.1 Å². The molecule has 0 aliphatic rings. The van der Waals surface area contributed by atoms with Crippen LogP contribution in [0.3, 0.4) is 0 Å². The summed E-state index contributed by atoms with van der Waals surface area (Å²) in [5, 5.41) is 0. The van der Waals surface area contributed by atoms with Crippen molar-refractivity contribution < 1.29 is 37.2 Å². The summed E-state index contributed by atoms with van der Waals surface area (Å²) in [6, 6.07) is 0. The summed E-state index contributed by atoms with van der Waals surface area (Å²) in [4.78, 5) is 40.0. The number of nitrogen functional groups attached to an aromatic ring is 1. The van der Waals surface area contributed by atoms with Crippen LogP contribution in [-0.2, 0) is 40.8 Å². The molecule has 3 atom stereocenters. The van der Waals surface area contributed by atoms with Gasteiger partial charge in [-0.15, -0.1) is 0 Å². The van der Waals surface area contributed by atoms with Gasteiger partial charge in [0, 0.05) is 13.2 Å². The summed E-state index contributed by atoms with van der Waals surface area (Å²) >= 11 is 4.67. The van der Waals surface area contributed by atoms with Gasteiger partial charge in [0.2, 0.25) is 6.49 Å². The molecule has 0 fully saturated rings. The van der Waals surface area contributed by atoms with Crippen LogP contribution in [0.4, 0.5) is 5.82 Å². The van der Waals surface area contributed by atoms with Gasteiger partial charge in [0.05, 0.1) is 12.9 Å². The second-order valence-corrected chi connectivity index (χ2v) is 12.1. The fourth-order valence-corrected chi connectivity index (χ4v) is 6.54. The number of anilines is 1. The summed E-state index contributed by atoms with van der Waals surface area (Å²) in [7, 11) is -9.33. The zero-order valence-corrected chi connectivity index (χ0v) is 16.8. The fourth-order valence-electron chi connectivity index (χ4n) is 1.80. The Bertz CT molecular complexity index is 931. The largest absolute Gasteiger partial charge is 0.485 e. The molecule has 146 valence electrons. The van der Waals surface area contributed by atoms with Crippen molar-refractivity contribution in [3.05, 3.63) is 12.7 Å². The zero-order valence-electron chi connectivity index (χ0n) is 13.3. The highest BCUT2D eigenvalue weighted by Gasteiger charge is 2.35. The highest BCUT2D eigenvalue weighted by molar-refractivity contribution is 8.10. The number of nitrogens with two attached hydrogens (primary N) is 1. The maximum atomic E-state index is 11.5. The van der Waals surface area contributed by atoms with Gasteiger partial charge in [-0.3, -0.25) is 4.57 Å². The molecule has 0 aliphatic heterocycles. The van der Waals surface area contributed by atoms with E-state index in [-0.39, 0.29) is 19.0 Å². The van der Waals surface area contributed by atoms with Gasteiger partial charge in [-0.1, -0.05) is 0 Å². The van der Waals surface area contributed by atoms with Gasteiger partial charge in [-0.05, 0) is 11.8 Å². The number of phosphoric acid groups is 1. The molecule has 13 nitrogen and oxygen atoms in total. The van der Waals surface area contributed by atoms with E-state index in [1.54, 1.807) is 4.57 Å². The summed E-state index contributed by atoms with van der Waals surface area (Å²) in [6.07, 6.45) is 2.17. The van der Waals surface area contributed by atoms with Crippen LogP contribution in [0, 0.1) is 0 Å². The number of nitrogens with zero attached hydrogens (tertiary/aromatic N) is 4. The molecule has 17 heteroatoms. The van der Waals surface area contributed by atoms with E-state index in [4.69, 9.17) is 15.4 Å². The molecule has 0 saturated carbocycles.